The van der Waals surface area contributed by atoms with Crippen LogP contribution >= 0.6 is 12.4 Å². The molecule has 1 amide bonds. The number of unbranched alkanes of at least 4 members (excludes halogenated alkanes) is 3. The zero-order valence-electron chi connectivity index (χ0n) is 13.2. The molecule has 0 saturated carbocycles. The first-order valence-corrected chi connectivity index (χ1v) is 7.75. The number of carbonyl (C=O) groups is 1. The number of imidazole rings is 1. The van der Waals surface area contributed by atoms with Crippen LogP contribution in [0.5, 0.6) is 0 Å². The van der Waals surface area contributed by atoms with Gasteiger partial charge in [0.15, 0.2) is 5.69 Å². The fourth-order valence-corrected chi connectivity index (χ4v) is 2.83. The molecule has 23 heavy (non-hydrogen) atoms. The average Bonchev–Trinajstić information content (AvgIpc) is 2.95. The van der Waals surface area contributed by atoms with E-state index in [1.54, 1.807) is 6.33 Å². The van der Waals surface area contributed by atoms with Crippen LogP contribution in [-0.4, -0.2) is 20.4 Å². The van der Waals surface area contributed by atoms with E-state index >= 15 is 0 Å². The highest BCUT2D eigenvalue weighted by Gasteiger charge is 2.16. The van der Waals surface area contributed by atoms with Crippen LogP contribution in [0.3, 0.4) is 0 Å². The van der Waals surface area contributed by atoms with Crippen molar-refractivity contribution in [2.75, 3.05) is 0 Å². The maximum atomic E-state index is 11.7. The molecule has 0 bridgehead atoms. The highest BCUT2D eigenvalue weighted by molar-refractivity contribution is 6.11. The number of hydrogen-bond donors (Lipinski definition) is 1. The number of fused-ring (bicyclic) bond motifs is 3. The third kappa shape index (κ3) is 3.29. The highest BCUT2D eigenvalue weighted by Crippen LogP contribution is 2.26. The van der Waals surface area contributed by atoms with Gasteiger partial charge in [-0.3, -0.25) is 4.79 Å². The first-order valence-electron chi connectivity index (χ1n) is 7.75. The smallest absolute Gasteiger partial charge is 0.269 e. The lowest BCUT2D eigenvalue weighted by atomic mass is 10.1. The molecule has 6 heteroatoms. The Morgan fingerprint density at radius 2 is 2.00 bits per heavy atom. The Morgan fingerprint density at radius 3 is 2.74 bits per heavy atom. The second-order valence-electron chi connectivity index (χ2n) is 5.54. The van der Waals surface area contributed by atoms with Crippen molar-refractivity contribution in [3.8, 4) is 0 Å². The molecule has 0 radical (unpaired) electrons. The molecule has 0 saturated heterocycles. The molecule has 2 heterocycles. The van der Waals surface area contributed by atoms with E-state index < -0.39 is 5.91 Å². The van der Waals surface area contributed by atoms with Gasteiger partial charge in [0, 0.05) is 11.9 Å². The molecule has 122 valence electrons. The third-order valence-corrected chi connectivity index (χ3v) is 3.94. The SMILES string of the molecule is CCCCCCn1cnc2c(C(N)=O)nc3ccccc3c21.Cl. The summed E-state index contributed by atoms with van der Waals surface area (Å²) in [6.07, 6.45) is 6.53. The number of hydrogen-bond acceptors (Lipinski definition) is 3. The number of halogens is 1. The van der Waals surface area contributed by atoms with Crippen LogP contribution in [0, 0.1) is 0 Å². The molecule has 0 fully saturated rings. The lowest BCUT2D eigenvalue weighted by Gasteiger charge is -2.08. The van der Waals surface area contributed by atoms with Crippen LogP contribution in [0.2, 0.25) is 0 Å². The van der Waals surface area contributed by atoms with Crippen molar-refractivity contribution in [2.45, 2.75) is 39.2 Å². The minimum absolute atomic E-state index is 0. The first-order chi connectivity index (χ1) is 10.7. The molecule has 0 aliphatic carbocycles. The molecule has 0 aliphatic heterocycles. The molecular formula is C17H21ClN4O. The Bertz CT molecular complexity index is 828. The fraction of sp³-hybridized carbons (Fsp3) is 0.353. The van der Waals surface area contributed by atoms with E-state index in [2.05, 4.69) is 21.5 Å². The molecule has 0 aliphatic rings. The van der Waals surface area contributed by atoms with Gasteiger partial charge >= 0.3 is 0 Å². The molecule has 0 unspecified atom stereocenters. The lowest BCUT2D eigenvalue weighted by Crippen LogP contribution is -2.14. The Kier molecular flexibility index (Phi) is 5.55. The molecular weight excluding hydrogens is 312 g/mol. The summed E-state index contributed by atoms with van der Waals surface area (Å²) in [5, 5.41) is 1.01. The van der Waals surface area contributed by atoms with Gasteiger partial charge < -0.3 is 10.3 Å². The Labute approximate surface area is 141 Å². The minimum Gasteiger partial charge on any atom is -0.364 e. The topological polar surface area (TPSA) is 73.8 Å². The summed E-state index contributed by atoms with van der Waals surface area (Å²) < 4.78 is 2.11. The number of primary amides is 1. The number of pyridine rings is 1. The van der Waals surface area contributed by atoms with Crippen LogP contribution in [0.1, 0.15) is 43.1 Å². The van der Waals surface area contributed by atoms with Gasteiger partial charge in [0.2, 0.25) is 0 Å². The number of benzene rings is 1. The van der Waals surface area contributed by atoms with Crippen molar-refractivity contribution >= 4 is 40.3 Å². The van der Waals surface area contributed by atoms with E-state index in [0.717, 1.165) is 29.4 Å². The van der Waals surface area contributed by atoms with E-state index in [4.69, 9.17) is 5.73 Å². The number of amides is 1. The van der Waals surface area contributed by atoms with Gasteiger partial charge in [0.25, 0.3) is 5.91 Å². The molecule has 0 spiro atoms. The molecule has 3 rings (SSSR count). The van der Waals surface area contributed by atoms with Gasteiger partial charge in [-0.15, -0.1) is 12.4 Å². The largest absolute Gasteiger partial charge is 0.364 e. The minimum atomic E-state index is -0.535. The Balaban J connectivity index is 0.00000192. The summed E-state index contributed by atoms with van der Waals surface area (Å²) in [6, 6.07) is 7.80. The Morgan fingerprint density at radius 1 is 1.22 bits per heavy atom. The van der Waals surface area contributed by atoms with Gasteiger partial charge in [-0.1, -0.05) is 44.4 Å². The van der Waals surface area contributed by atoms with Crippen molar-refractivity contribution in [3.05, 3.63) is 36.3 Å². The number of para-hydroxylation sites is 1. The van der Waals surface area contributed by atoms with Crippen LogP contribution in [0.15, 0.2) is 30.6 Å². The second-order valence-corrected chi connectivity index (χ2v) is 5.54. The van der Waals surface area contributed by atoms with E-state index in [1.807, 2.05) is 24.3 Å². The van der Waals surface area contributed by atoms with Crippen LogP contribution in [0.25, 0.3) is 21.9 Å². The maximum absolute atomic E-state index is 11.7. The second kappa shape index (κ2) is 7.42. The molecule has 2 aromatic heterocycles. The van der Waals surface area contributed by atoms with Crippen molar-refractivity contribution in [3.63, 3.8) is 0 Å². The van der Waals surface area contributed by atoms with E-state index in [9.17, 15) is 4.79 Å². The predicted octanol–water partition coefficient (Wildman–Crippen LogP) is 3.69. The number of nitrogens with two attached hydrogens (primary N) is 1. The normalized spacial score (nSPS) is 10.8. The van der Waals surface area contributed by atoms with Crippen LogP contribution in [0.4, 0.5) is 0 Å². The molecule has 0 atom stereocenters. The molecule has 2 N–H and O–H groups in total. The van der Waals surface area contributed by atoms with Crippen molar-refractivity contribution < 1.29 is 4.79 Å². The molecule has 5 nitrogen and oxygen atoms in total. The molecule has 3 aromatic rings. The van der Waals surface area contributed by atoms with Gasteiger partial charge in [-0.25, -0.2) is 9.97 Å². The predicted molar refractivity (Wildman–Crippen MR) is 94.9 cm³/mol. The number of carbonyl (C=O) groups excluding carboxylic acids is 1. The van der Waals surface area contributed by atoms with Crippen LogP contribution < -0.4 is 5.73 Å². The zero-order valence-corrected chi connectivity index (χ0v) is 14.0. The first kappa shape index (κ1) is 17.2. The standard InChI is InChI=1S/C17H20N4O.ClH/c1-2-3-4-7-10-21-11-19-14-15(17(18)22)20-13-9-6-5-8-12(13)16(14)21;/h5-6,8-9,11H,2-4,7,10H2,1H3,(H2,18,22);1H. The molecule has 1 aromatic carbocycles. The number of aryl methyl sites for hydroxylation is 1. The highest BCUT2D eigenvalue weighted by atomic mass is 35.5. The van der Waals surface area contributed by atoms with Crippen molar-refractivity contribution in [2.24, 2.45) is 5.73 Å². The summed E-state index contributed by atoms with van der Waals surface area (Å²) in [7, 11) is 0. The summed E-state index contributed by atoms with van der Waals surface area (Å²) in [6.45, 7) is 3.09. The summed E-state index contributed by atoms with van der Waals surface area (Å²) in [5.74, 6) is -0.535. The van der Waals surface area contributed by atoms with Gasteiger partial charge in [-0.2, -0.15) is 0 Å². The summed E-state index contributed by atoms with van der Waals surface area (Å²) in [4.78, 5) is 20.4. The summed E-state index contributed by atoms with van der Waals surface area (Å²) in [5.41, 5.74) is 8.05. The summed E-state index contributed by atoms with van der Waals surface area (Å²) >= 11 is 0. The van der Waals surface area contributed by atoms with E-state index in [1.165, 1.54) is 19.3 Å². The monoisotopic (exact) mass is 332 g/mol. The number of aromatic nitrogens is 3. The number of rotatable bonds is 6. The lowest BCUT2D eigenvalue weighted by molar-refractivity contribution is 0.0997. The third-order valence-electron chi connectivity index (χ3n) is 3.94. The van der Waals surface area contributed by atoms with Crippen LogP contribution in [-0.2, 0) is 6.54 Å². The zero-order chi connectivity index (χ0) is 15.5. The average molecular weight is 333 g/mol. The Hall–Kier alpha value is -2.14. The quantitative estimate of drug-likeness (QED) is 0.699. The van der Waals surface area contributed by atoms with Gasteiger partial charge in [0.05, 0.1) is 17.4 Å². The van der Waals surface area contributed by atoms with E-state index in [-0.39, 0.29) is 18.1 Å². The number of nitrogens with zero attached hydrogens (tertiary/aromatic N) is 3. The fourth-order valence-electron chi connectivity index (χ4n) is 2.83. The van der Waals surface area contributed by atoms with Gasteiger partial charge in [0.1, 0.15) is 5.52 Å². The van der Waals surface area contributed by atoms with Crippen molar-refractivity contribution in [1.82, 2.24) is 14.5 Å². The maximum Gasteiger partial charge on any atom is 0.269 e. The van der Waals surface area contributed by atoms with Crippen molar-refractivity contribution in [1.29, 1.82) is 0 Å². The van der Waals surface area contributed by atoms with Gasteiger partial charge in [-0.05, 0) is 12.5 Å². The van der Waals surface area contributed by atoms with E-state index in [0.29, 0.717) is 5.52 Å².